The standard InChI is InChI=1S/C20H23N3O2S/c1-23(2)13-15-9-7-14(8-10-15)12-21-19(24)11-18-20(25)22-16-5-3-4-6-17(16)26-18/h3-10,18H,11-13H2,1-2H3,(H,21,24)(H,22,25). The van der Waals surface area contributed by atoms with Crippen LogP contribution in [0.2, 0.25) is 0 Å². The molecule has 1 unspecified atom stereocenters. The summed E-state index contributed by atoms with van der Waals surface area (Å²) >= 11 is 1.45. The minimum atomic E-state index is -0.396. The zero-order valence-corrected chi connectivity index (χ0v) is 15.8. The first-order valence-corrected chi connectivity index (χ1v) is 9.45. The summed E-state index contributed by atoms with van der Waals surface area (Å²) < 4.78 is 0. The van der Waals surface area contributed by atoms with E-state index in [9.17, 15) is 9.59 Å². The highest BCUT2D eigenvalue weighted by atomic mass is 32.2. The average molecular weight is 369 g/mol. The van der Waals surface area contributed by atoms with Crippen molar-refractivity contribution in [2.75, 3.05) is 19.4 Å². The molecule has 6 heteroatoms. The smallest absolute Gasteiger partial charge is 0.238 e. The number of benzene rings is 2. The van der Waals surface area contributed by atoms with E-state index >= 15 is 0 Å². The van der Waals surface area contributed by atoms with Crippen LogP contribution in [0.3, 0.4) is 0 Å². The second-order valence-electron chi connectivity index (χ2n) is 6.63. The highest BCUT2D eigenvalue weighted by molar-refractivity contribution is 8.01. The van der Waals surface area contributed by atoms with Crippen LogP contribution >= 0.6 is 11.8 Å². The number of nitrogens with zero attached hydrogens (tertiary/aromatic N) is 1. The Kier molecular flexibility index (Phi) is 5.96. The fraction of sp³-hybridized carbons (Fsp3) is 0.300. The molecule has 0 bridgehead atoms. The van der Waals surface area contributed by atoms with Crippen molar-refractivity contribution in [2.45, 2.75) is 29.7 Å². The van der Waals surface area contributed by atoms with E-state index < -0.39 is 5.25 Å². The third kappa shape index (κ3) is 4.86. The van der Waals surface area contributed by atoms with E-state index in [1.807, 2.05) is 50.5 Å². The molecule has 0 saturated carbocycles. The average Bonchev–Trinajstić information content (AvgIpc) is 2.61. The van der Waals surface area contributed by atoms with E-state index in [0.717, 1.165) is 22.7 Å². The van der Waals surface area contributed by atoms with Gasteiger partial charge in [-0.25, -0.2) is 0 Å². The van der Waals surface area contributed by atoms with E-state index in [1.165, 1.54) is 17.3 Å². The quantitative estimate of drug-likeness (QED) is 0.822. The third-order valence-corrected chi connectivity index (χ3v) is 5.36. The number of carbonyl (C=O) groups is 2. The second kappa shape index (κ2) is 8.38. The Morgan fingerprint density at radius 1 is 1.12 bits per heavy atom. The largest absolute Gasteiger partial charge is 0.352 e. The van der Waals surface area contributed by atoms with Gasteiger partial charge in [0.05, 0.1) is 10.9 Å². The molecule has 0 radical (unpaired) electrons. The molecule has 1 heterocycles. The maximum Gasteiger partial charge on any atom is 0.238 e. The Balaban J connectivity index is 1.51. The molecular weight excluding hydrogens is 346 g/mol. The number of fused-ring (bicyclic) bond motifs is 1. The molecule has 3 rings (SSSR count). The Bertz CT molecular complexity index is 790. The molecule has 5 nitrogen and oxygen atoms in total. The highest BCUT2D eigenvalue weighted by Crippen LogP contribution is 2.36. The summed E-state index contributed by atoms with van der Waals surface area (Å²) in [6.45, 7) is 1.36. The van der Waals surface area contributed by atoms with Gasteiger partial charge in [-0.15, -0.1) is 11.8 Å². The minimum Gasteiger partial charge on any atom is -0.352 e. The summed E-state index contributed by atoms with van der Waals surface area (Å²) in [5.74, 6) is -0.230. The zero-order valence-electron chi connectivity index (χ0n) is 15.0. The molecule has 1 aliphatic heterocycles. The van der Waals surface area contributed by atoms with Crippen molar-refractivity contribution in [1.82, 2.24) is 10.2 Å². The summed E-state index contributed by atoms with van der Waals surface area (Å²) in [6, 6.07) is 15.8. The Morgan fingerprint density at radius 3 is 2.54 bits per heavy atom. The number of thioether (sulfide) groups is 1. The van der Waals surface area contributed by atoms with Crippen molar-refractivity contribution in [3.05, 3.63) is 59.7 Å². The van der Waals surface area contributed by atoms with Crippen molar-refractivity contribution in [3.63, 3.8) is 0 Å². The summed E-state index contributed by atoms with van der Waals surface area (Å²) in [5, 5.41) is 5.38. The van der Waals surface area contributed by atoms with Crippen LogP contribution in [0.1, 0.15) is 17.5 Å². The summed E-state index contributed by atoms with van der Waals surface area (Å²) in [5.41, 5.74) is 3.10. The van der Waals surface area contributed by atoms with Crippen molar-refractivity contribution in [3.8, 4) is 0 Å². The van der Waals surface area contributed by atoms with Crippen molar-refractivity contribution < 1.29 is 9.59 Å². The van der Waals surface area contributed by atoms with Crippen molar-refractivity contribution >= 4 is 29.3 Å². The summed E-state index contributed by atoms with van der Waals surface area (Å²) in [6.07, 6.45) is 0.170. The van der Waals surface area contributed by atoms with Gasteiger partial charge in [0, 0.05) is 24.4 Å². The third-order valence-electron chi connectivity index (χ3n) is 4.09. The molecule has 1 aliphatic rings. The van der Waals surface area contributed by atoms with Crippen LogP contribution in [0.5, 0.6) is 0 Å². The molecule has 0 aromatic heterocycles. The summed E-state index contributed by atoms with van der Waals surface area (Å²) in [4.78, 5) is 27.5. The molecule has 0 aliphatic carbocycles. The first kappa shape index (κ1) is 18.5. The van der Waals surface area contributed by atoms with Gasteiger partial charge < -0.3 is 15.5 Å². The number of para-hydroxylation sites is 1. The Hall–Kier alpha value is -2.31. The topological polar surface area (TPSA) is 61.4 Å². The predicted octanol–water partition coefficient (Wildman–Crippen LogP) is 2.87. The van der Waals surface area contributed by atoms with E-state index in [0.29, 0.717) is 6.54 Å². The lowest BCUT2D eigenvalue weighted by molar-refractivity contribution is -0.124. The zero-order chi connectivity index (χ0) is 18.5. The van der Waals surface area contributed by atoms with Gasteiger partial charge in [-0.2, -0.15) is 0 Å². The van der Waals surface area contributed by atoms with E-state index in [4.69, 9.17) is 0 Å². The van der Waals surface area contributed by atoms with E-state index in [-0.39, 0.29) is 18.2 Å². The van der Waals surface area contributed by atoms with Crippen molar-refractivity contribution in [1.29, 1.82) is 0 Å². The lowest BCUT2D eigenvalue weighted by atomic mass is 10.1. The molecule has 2 N–H and O–H groups in total. The molecule has 2 aromatic rings. The molecule has 0 spiro atoms. The molecular formula is C20H23N3O2S. The first-order chi connectivity index (χ1) is 12.5. The molecule has 26 heavy (non-hydrogen) atoms. The van der Waals surface area contributed by atoms with Crippen molar-refractivity contribution in [2.24, 2.45) is 0 Å². The van der Waals surface area contributed by atoms with Gasteiger partial charge in [-0.1, -0.05) is 36.4 Å². The molecule has 136 valence electrons. The van der Waals surface area contributed by atoms with Gasteiger partial charge in [0.15, 0.2) is 0 Å². The minimum absolute atomic E-state index is 0.114. The number of hydrogen-bond acceptors (Lipinski definition) is 4. The normalized spacial score (nSPS) is 16.1. The number of carbonyl (C=O) groups excluding carboxylic acids is 2. The number of rotatable bonds is 6. The second-order valence-corrected chi connectivity index (χ2v) is 7.87. The SMILES string of the molecule is CN(C)Cc1ccc(CNC(=O)CC2Sc3ccccc3NC2=O)cc1. The summed E-state index contributed by atoms with van der Waals surface area (Å²) in [7, 11) is 4.07. The van der Waals surface area contributed by atoms with Crippen LogP contribution in [-0.4, -0.2) is 36.1 Å². The number of anilines is 1. The van der Waals surface area contributed by atoms with Gasteiger partial charge in [0.25, 0.3) is 0 Å². The molecule has 2 amide bonds. The maximum atomic E-state index is 12.2. The Labute approximate surface area is 158 Å². The molecule has 0 saturated heterocycles. The van der Waals surface area contributed by atoms with Gasteiger partial charge in [0.2, 0.25) is 11.8 Å². The molecule has 2 aromatic carbocycles. The maximum absolute atomic E-state index is 12.2. The lowest BCUT2D eigenvalue weighted by Crippen LogP contribution is -2.34. The van der Waals surface area contributed by atoms with Gasteiger partial charge in [-0.3, -0.25) is 9.59 Å². The highest BCUT2D eigenvalue weighted by Gasteiger charge is 2.28. The van der Waals surface area contributed by atoms with Crippen LogP contribution in [0.15, 0.2) is 53.4 Å². The van der Waals surface area contributed by atoms with Crippen LogP contribution in [-0.2, 0) is 22.7 Å². The van der Waals surface area contributed by atoms with Gasteiger partial charge in [-0.05, 0) is 37.4 Å². The van der Waals surface area contributed by atoms with Crippen LogP contribution in [0.25, 0.3) is 0 Å². The molecule has 0 fully saturated rings. The van der Waals surface area contributed by atoms with Crippen LogP contribution in [0, 0.1) is 0 Å². The molecule has 1 atom stereocenters. The predicted molar refractivity (Wildman–Crippen MR) is 105 cm³/mol. The fourth-order valence-corrected chi connectivity index (χ4v) is 3.91. The number of amides is 2. The van der Waals surface area contributed by atoms with E-state index in [1.54, 1.807) is 0 Å². The van der Waals surface area contributed by atoms with Gasteiger partial charge in [0.1, 0.15) is 0 Å². The van der Waals surface area contributed by atoms with Crippen LogP contribution < -0.4 is 10.6 Å². The monoisotopic (exact) mass is 369 g/mol. The van der Waals surface area contributed by atoms with E-state index in [2.05, 4.69) is 27.7 Å². The van der Waals surface area contributed by atoms with Crippen LogP contribution in [0.4, 0.5) is 5.69 Å². The Morgan fingerprint density at radius 2 is 1.81 bits per heavy atom. The number of hydrogen-bond donors (Lipinski definition) is 2. The first-order valence-electron chi connectivity index (χ1n) is 8.57. The number of nitrogens with one attached hydrogen (secondary N) is 2. The van der Waals surface area contributed by atoms with Gasteiger partial charge >= 0.3 is 0 Å². The lowest BCUT2D eigenvalue weighted by Gasteiger charge is -2.23. The fourth-order valence-electron chi connectivity index (χ4n) is 2.80.